The number of hydrogen-bond donors (Lipinski definition) is 3. The predicted molar refractivity (Wildman–Crippen MR) is 82.2 cm³/mol. The molecule has 21 heavy (non-hydrogen) atoms. The molecular weight excluding hydrogens is 268 g/mol. The fraction of sp³-hybridized carbons (Fsp3) is 0.733. The first-order chi connectivity index (χ1) is 9.88. The fourth-order valence-corrected chi connectivity index (χ4v) is 2.60. The van der Waals surface area contributed by atoms with Crippen LogP contribution in [-0.2, 0) is 5.54 Å². The summed E-state index contributed by atoms with van der Waals surface area (Å²) in [4.78, 5) is 12.0. The Balaban J connectivity index is 1.81. The van der Waals surface area contributed by atoms with E-state index in [0.717, 1.165) is 25.7 Å². The van der Waals surface area contributed by atoms with Gasteiger partial charge in [0.2, 0.25) is 0 Å². The van der Waals surface area contributed by atoms with Crippen LogP contribution in [0.25, 0.3) is 0 Å². The highest BCUT2D eigenvalue weighted by molar-refractivity contribution is 5.89. The zero-order valence-electron chi connectivity index (χ0n) is 13.1. The third-order valence-corrected chi connectivity index (χ3v) is 3.97. The van der Waals surface area contributed by atoms with Gasteiger partial charge in [0.25, 0.3) is 0 Å². The van der Waals surface area contributed by atoms with E-state index in [0.29, 0.717) is 11.6 Å². The summed E-state index contributed by atoms with van der Waals surface area (Å²) in [5.41, 5.74) is 0.602. The molecule has 0 aliphatic heterocycles. The third kappa shape index (κ3) is 4.46. The minimum atomic E-state index is -0.184. The van der Waals surface area contributed by atoms with E-state index >= 15 is 0 Å². The number of aliphatic hydroxyl groups excluding tert-OH is 1. The van der Waals surface area contributed by atoms with Crippen LogP contribution in [0.3, 0.4) is 0 Å². The molecule has 2 amide bonds. The normalized spacial score (nSPS) is 22.9. The summed E-state index contributed by atoms with van der Waals surface area (Å²) in [7, 11) is 0. The molecule has 0 bridgehead atoms. The summed E-state index contributed by atoms with van der Waals surface area (Å²) < 4.78 is 1.83. The molecule has 1 aromatic rings. The number of rotatable bonds is 3. The maximum absolute atomic E-state index is 12.0. The number of aromatic nitrogens is 2. The molecule has 6 nitrogen and oxygen atoms in total. The van der Waals surface area contributed by atoms with Crippen molar-refractivity contribution in [1.29, 1.82) is 0 Å². The minimum absolute atomic E-state index is 0.0981. The predicted octanol–water partition coefficient (Wildman–Crippen LogP) is 2.31. The van der Waals surface area contributed by atoms with Gasteiger partial charge >= 0.3 is 6.03 Å². The molecule has 1 aliphatic carbocycles. The van der Waals surface area contributed by atoms with Crippen molar-refractivity contribution in [2.75, 3.05) is 11.9 Å². The van der Waals surface area contributed by atoms with E-state index < -0.39 is 0 Å². The van der Waals surface area contributed by atoms with Gasteiger partial charge in [0.15, 0.2) is 0 Å². The van der Waals surface area contributed by atoms with Gasteiger partial charge in [-0.3, -0.25) is 4.68 Å². The largest absolute Gasteiger partial charge is 0.396 e. The molecular formula is C15H26N4O2. The standard InChI is InChI=1S/C15H26N4O2/c1-15(2,3)19-9-13(8-16-19)18-14(21)17-12-6-4-11(10-20)5-7-12/h8-9,11-12,20H,4-7,10H2,1-3H3,(H2,17,18,21). The minimum Gasteiger partial charge on any atom is -0.396 e. The van der Waals surface area contributed by atoms with Crippen molar-refractivity contribution >= 4 is 11.7 Å². The number of hydrogen-bond acceptors (Lipinski definition) is 3. The number of urea groups is 1. The number of amides is 2. The van der Waals surface area contributed by atoms with Crippen LogP contribution in [0.5, 0.6) is 0 Å². The van der Waals surface area contributed by atoms with Gasteiger partial charge < -0.3 is 15.7 Å². The molecule has 0 aromatic carbocycles. The van der Waals surface area contributed by atoms with Gasteiger partial charge in [0, 0.05) is 18.8 Å². The Kier molecular flexibility index (Phi) is 4.88. The number of aliphatic hydroxyl groups is 1. The Morgan fingerprint density at radius 1 is 1.38 bits per heavy atom. The number of anilines is 1. The lowest BCUT2D eigenvalue weighted by atomic mass is 9.87. The quantitative estimate of drug-likeness (QED) is 0.800. The third-order valence-electron chi connectivity index (χ3n) is 3.97. The zero-order valence-corrected chi connectivity index (χ0v) is 13.1. The first-order valence-electron chi connectivity index (χ1n) is 7.62. The van der Waals surface area contributed by atoms with Crippen LogP contribution in [0.2, 0.25) is 0 Å². The fourth-order valence-electron chi connectivity index (χ4n) is 2.60. The van der Waals surface area contributed by atoms with Crippen LogP contribution < -0.4 is 10.6 Å². The Morgan fingerprint density at radius 3 is 2.57 bits per heavy atom. The Bertz CT molecular complexity index is 470. The molecule has 1 aliphatic rings. The van der Waals surface area contributed by atoms with Gasteiger partial charge in [0.1, 0.15) is 0 Å². The molecule has 1 saturated carbocycles. The second kappa shape index (κ2) is 6.47. The molecule has 0 unspecified atom stereocenters. The monoisotopic (exact) mass is 294 g/mol. The highest BCUT2D eigenvalue weighted by Crippen LogP contribution is 2.23. The Labute approximate surface area is 125 Å². The highest BCUT2D eigenvalue weighted by Gasteiger charge is 2.22. The molecule has 1 fully saturated rings. The molecule has 0 atom stereocenters. The average Bonchev–Trinajstić information content (AvgIpc) is 2.88. The van der Waals surface area contributed by atoms with E-state index in [2.05, 4.69) is 36.5 Å². The maximum Gasteiger partial charge on any atom is 0.319 e. The van der Waals surface area contributed by atoms with E-state index in [9.17, 15) is 4.79 Å². The van der Waals surface area contributed by atoms with Crippen molar-refractivity contribution in [3.63, 3.8) is 0 Å². The molecule has 118 valence electrons. The highest BCUT2D eigenvalue weighted by atomic mass is 16.3. The number of nitrogens with one attached hydrogen (secondary N) is 2. The molecule has 3 N–H and O–H groups in total. The molecule has 0 radical (unpaired) electrons. The molecule has 6 heteroatoms. The summed E-state index contributed by atoms with van der Waals surface area (Å²) in [6.07, 6.45) is 7.31. The average molecular weight is 294 g/mol. The van der Waals surface area contributed by atoms with Gasteiger partial charge in [0.05, 0.1) is 17.4 Å². The van der Waals surface area contributed by atoms with Crippen LogP contribution in [0.4, 0.5) is 10.5 Å². The maximum atomic E-state index is 12.0. The first-order valence-corrected chi connectivity index (χ1v) is 7.62. The van der Waals surface area contributed by atoms with Crippen LogP contribution in [-0.4, -0.2) is 33.6 Å². The second-order valence-corrected chi connectivity index (χ2v) is 6.84. The topological polar surface area (TPSA) is 79.2 Å². The summed E-state index contributed by atoms with van der Waals surface area (Å²) in [5.74, 6) is 0.399. The lowest BCUT2D eigenvalue weighted by Gasteiger charge is -2.27. The summed E-state index contributed by atoms with van der Waals surface area (Å²) >= 11 is 0. The molecule has 1 aromatic heterocycles. The zero-order chi connectivity index (χ0) is 15.5. The molecule has 0 spiro atoms. The van der Waals surface area contributed by atoms with E-state index in [-0.39, 0.29) is 24.2 Å². The van der Waals surface area contributed by atoms with Gasteiger partial charge in [-0.2, -0.15) is 5.10 Å². The van der Waals surface area contributed by atoms with Crippen LogP contribution in [0, 0.1) is 5.92 Å². The van der Waals surface area contributed by atoms with Crippen LogP contribution >= 0.6 is 0 Å². The van der Waals surface area contributed by atoms with Crippen molar-refractivity contribution in [2.45, 2.75) is 58.0 Å². The van der Waals surface area contributed by atoms with Gasteiger partial charge in [-0.25, -0.2) is 4.79 Å². The van der Waals surface area contributed by atoms with E-state index in [1.165, 1.54) is 0 Å². The first kappa shape index (κ1) is 15.8. The Hall–Kier alpha value is -1.56. The van der Waals surface area contributed by atoms with Gasteiger partial charge in [-0.15, -0.1) is 0 Å². The number of carbonyl (C=O) groups excluding carboxylic acids is 1. The van der Waals surface area contributed by atoms with Crippen molar-refractivity contribution in [3.05, 3.63) is 12.4 Å². The summed E-state index contributed by atoms with van der Waals surface area (Å²) in [5, 5.41) is 19.2. The lowest BCUT2D eigenvalue weighted by molar-refractivity contribution is 0.176. The van der Waals surface area contributed by atoms with Crippen LogP contribution in [0.15, 0.2) is 12.4 Å². The van der Waals surface area contributed by atoms with E-state index in [1.807, 2.05) is 10.9 Å². The van der Waals surface area contributed by atoms with Crippen molar-refractivity contribution in [1.82, 2.24) is 15.1 Å². The van der Waals surface area contributed by atoms with Crippen molar-refractivity contribution in [2.24, 2.45) is 5.92 Å². The van der Waals surface area contributed by atoms with Crippen LogP contribution in [0.1, 0.15) is 46.5 Å². The summed E-state index contributed by atoms with van der Waals surface area (Å²) in [6, 6.07) is 0.0152. The second-order valence-electron chi connectivity index (χ2n) is 6.84. The Morgan fingerprint density at radius 2 is 2.05 bits per heavy atom. The van der Waals surface area contributed by atoms with Gasteiger partial charge in [-0.1, -0.05) is 0 Å². The van der Waals surface area contributed by atoms with Crippen molar-refractivity contribution in [3.8, 4) is 0 Å². The van der Waals surface area contributed by atoms with Crippen molar-refractivity contribution < 1.29 is 9.90 Å². The summed E-state index contributed by atoms with van der Waals surface area (Å²) in [6.45, 7) is 6.43. The van der Waals surface area contributed by atoms with E-state index in [4.69, 9.17) is 5.11 Å². The number of nitrogens with zero attached hydrogens (tertiary/aromatic N) is 2. The lowest BCUT2D eigenvalue weighted by Crippen LogP contribution is -2.40. The smallest absolute Gasteiger partial charge is 0.319 e. The van der Waals surface area contributed by atoms with Gasteiger partial charge in [-0.05, 0) is 52.4 Å². The molecule has 0 saturated heterocycles. The number of carbonyl (C=O) groups is 1. The SMILES string of the molecule is CC(C)(C)n1cc(NC(=O)NC2CCC(CO)CC2)cn1. The molecule has 1 heterocycles. The van der Waals surface area contributed by atoms with E-state index in [1.54, 1.807) is 6.20 Å². The molecule has 2 rings (SSSR count).